The highest BCUT2D eigenvalue weighted by Gasteiger charge is 2.30. The van der Waals surface area contributed by atoms with Gasteiger partial charge in [0.2, 0.25) is 21.8 Å². The molecular formula is C29H34ClN3O5S. The molecule has 10 heteroatoms. The molecular weight excluding hydrogens is 538 g/mol. The smallest absolute Gasteiger partial charge is 0.244 e. The molecule has 1 atom stereocenters. The van der Waals surface area contributed by atoms with E-state index in [1.54, 1.807) is 55.5 Å². The minimum absolute atomic E-state index is 0.0805. The first kappa shape index (κ1) is 30.0. The fraction of sp³-hybridized carbons (Fsp3) is 0.310. The average molecular weight is 572 g/mol. The number of ether oxygens (including phenoxy) is 1. The molecule has 0 saturated heterocycles. The number of benzene rings is 3. The number of carbonyl (C=O) groups excluding carboxylic acids is 2. The number of amides is 2. The van der Waals surface area contributed by atoms with Crippen LogP contribution in [0.25, 0.3) is 0 Å². The summed E-state index contributed by atoms with van der Waals surface area (Å²) in [4.78, 5) is 27.9. The van der Waals surface area contributed by atoms with Gasteiger partial charge in [-0.3, -0.25) is 13.9 Å². The molecule has 0 heterocycles. The van der Waals surface area contributed by atoms with Crippen LogP contribution >= 0.6 is 11.6 Å². The SMILES string of the molecule is CC(C)CNC(=O)[C@@H](C)N(Cc1cccc(Cl)c1)C(=O)CN(c1ccc(Oc2ccccc2)cc1)S(C)(=O)=O. The van der Waals surface area contributed by atoms with Gasteiger partial charge in [-0.25, -0.2) is 8.42 Å². The van der Waals surface area contributed by atoms with Gasteiger partial charge in [-0.1, -0.05) is 55.8 Å². The van der Waals surface area contributed by atoms with Crippen LogP contribution in [0.4, 0.5) is 5.69 Å². The molecule has 0 aliphatic heterocycles. The highest BCUT2D eigenvalue weighted by atomic mass is 35.5. The highest BCUT2D eigenvalue weighted by molar-refractivity contribution is 7.92. The van der Waals surface area contributed by atoms with Crippen molar-refractivity contribution in [2.45, 2.75) is 33.4 Å². The second-order valence-corrected chi connectivity index (χ2v) is 12.0. The van der Waals surface area contributed by atoms with Crippen LogP contribution in [-0.4, -0.2) is 50.5 Å². The predicted molar refractivity (Wildman–Crippen MR) is 154 cm³/mol. The van der Waals surface area contributed by atoms with Gasteiger partial charge < -0.3 is 15.0 Å². The Hall–Kier alpha value is -3.56. The lowest BCUT2D eigenvalue weighted by atomic mass is 10.1. The van der Waals surface area contributed by atoms with E-state index in [4.69, 9.17) is 16.3 Å². The van der Waals surface area contributed by atoms with E-state index in [2.05, 4.69) is 5.32 Å². The monoisotopic (exact) mass is 571 g/mol. The largest absolute Gasteiger partial charge is 0.457 e. The predicted octanol–water partition coefficient (Wildman–Crippen LogP) is 5.09. The second-order valence-electron chi connectivity index (χ2n) is 9.65. The number of rotatable bonds is 12. The maximum absolute atomic E-state index is 13.6. The van der Waals surface area contributed by atoms with Crippen molar-refractivity contribution in [2.75, 3.05) is 23.7 Å². The Kier molecular flexibility index (Phi) is 10.4. The third kappa shape index (κ3) is 9.01. The van der Waals surface area contributed by atoms with E-state index in [1.165, 1.54) is 4.90 Å². The third-order valence-electron chi connectivity index (χ3n) is 5.88. The van der Waals surface area contributed by atoms with Gasteiger partial charge in [0, 0.05) is 18.1 Å². The number of carbonyl (C=O) groups is 2. The molecule has 3 aromatic rings. The Balaban J connectivity index is 1.85. The zero-order valence-electron chi connectivity index (χ0n) is 22.5. The van der Waals surface area contributed by atoms with Crippen molar-refractivity contribution < 1.29 is 22.7 Å². The van der Waals surface area contributed by atoms with Crippen LogP contribution in [0, 0.1) is 5.92 Å². The average Bonchev–Trinajstić information content (AvgIpc) is 2.89. The van der Waals surface area contributed by atoms with Gasteiger partial charge in [-0.2, -0.15) is 0 Å². The minimum Gasteiger partial charge on any atom is -0.457 e. The number of nitrogens with zero attached hydrogens (tertiary/aromatic N) is 2. The van der Waals surface area contributed by atoms with Gasteiger partial charge in [0.05, 0.1) is 11.9 Å². The summed E-state index contributed by atoms with van der Waals surface area (Å²) in [5.74, 6) is 0.530. The van der Waals surface area contributed by atoms with Gasteiger partial charge >= 0.3 is 0 Å². The summed E-state index contributed by atoms with van der Waals surface area (Å²) >= 11 is 6.14. The molecule has 0 aliphatic rings. The molecule has 0 unspecified atom stereocenters. The molecule has 1 N–H and O–H groups in total. The number of halogens is 1. The van der Waals surface area contributed by atoms with Crippen LogP contribution < -0.4 is 14.4 Å². The lowest BCUT2D eigenvalue weighted by Gasteiger charge is -2.31. The van der Waals surface area contributed by atoms with Crippen molar-refractivity contribution >= 4 is 39.1 Å². The molecule has 0 fully saturated rings. The number of para-hydroxylation sites is 1. The Bertz CT molecular complexity index is 1370. The lowest BCUT2D eigenvalue weighted by molar-refractivity contribution is -0.139. The maximum atomic E-state index is 13.6. The van der Waals surface area contributed by atoms with E-state index in [-0.39, 0.29) is 18.4 Å². The normalized spacial score (nSPS) is 12.1. The lowest BCUT2D eigenvalue weighted by Crippen LogP contribution is -2.51. The fourth-order valence-corrected chi connectivity index (χ4v) is 4.85. The Morgan fingerprint density at radius 3 is 2.15 bits per heavy atom. The summed E-state index contributed by atoms with van der Waals surface area (Å²) < 4.78 is 32.4. The Morgan fingerprint density at radius 2 is 1.56 bits per heavy atom. The Labute approximate surface area is 235 Å². The van der Waals surface area contributed by atoms with Gasteiger partial charge in [0.25, 0.3) is 0 Å². The van der Waals surface area contributed by atoms with Crippen molar-refractivity contribution in [1.82, 2.24) is 10.2 Å². The number of anilines is 1. The van der Waals surface area contributed by atoms with Crippen molar-refractivity contribution in [3.8, 4) is 11.5 Å². The first-order chi connectivity index (χ1) is 18.4. The molecule has 3 aromatic carbocycles. The molecule has 8 nitrogen and oxygen atoms in total. The highest BCUT2D eigenvalue weighted by Crippen LogP contribution is 2.26. The summed E-state index contributed by atoms with van der Waals surface area (Å²) in [6, 6.07) is 21.7. The van der Waals surface area contributed by atoms with Crippen LogP contribution in [0.3, 0.4) is 0 Å². The van der Waals surface area contributed by atoms with Crippen molar-refractivity contribution in [2.24, 2.45) is 5.92 Å². The van der Waals surface area contributed by atoms with Gasteiger partial charge in [-0.05, 0) is 66.9 Å². The number of nitrogens with one attached hydrogen (secondary N) is 1. The van der Waals surface area contributed by atoms with E-state index in [9.17, 15) is 18.0 Å². The first-order valence-corrected chi connectivity index (χ1v) is 14.8. The van der Waals surface area contributed by atoms with Crippen LogP contribution in [0.5, 0.6) is 11.5 Å². The molecule has 0 radical (unpaired) electrons. The molecule has 208 valence electrons. The third-order valence-corrected chi connectivity index (χ3v) is 7.25. The van der Waals surface area contributed by atoms with E-state index >= 15 is 0 Å². The molecule has 2 amide bonds. The standard InChI is InChI=1S/C29H34ClN3O5S/c1-21(2)18-31-29(35)22(3)32(19-23-9-8-10-24(30)17-23)28(34)20-33(39(4,36)37)25-13-15-27(16-14-25)38-26-11-6-5-7-12-26/h5-17,21-22H,18-20H2,1-4H3,(H,31,35)/t22-/m1/s1. The number of hydrogen-bond acceptors (Lipinski definition) is 5. The number of sulfonamides is 1. The van der Waals surface area contributed by atoms with Crippen molar-refractivity contribution in [1.29, 1.82) is 0 Å². The van der Waals surface area contributed by atoms with E-state index in [0.717, 1.165) is 10.6 Å². The molecule has 0 spiro atoms. The maximum Gasteiger partial charge on any atom is 0.244 e. The molecule has 0 aliphatic carbocycles. The fourth-order valence-electron chi connectivity index (χ4n) is 3.79. The molecule has 3 rings (SSSR count). The van der Waals surface area contributed by atoms with Crippen molar-refractivity contribution in [3.05, 3.63) is 89.4 Å². The minimum atomic E-state index is -3.84. The van der Waals surface area contributed by atoms with Crippen LogP contribution in [0.1, 0.15) is 26.3 Å². The molecule has 0 aromatic heterocycles. The summed E-state index contributed by atoms with van der Waals surface area (Å²) in [5.41, 5.74) is 1.01. The van der Waals surface area contributed by atoms with Gasteiger partial charge in [0.15, 0.2) is 0 Å². The quantitative estimate of drug-likeness (QED) is 0.327. The topological polar surface area (TPSA) is 96.0 Å². The van der Waals surface area contributed by atoms with Crippen LogP contribution in [-0.2, 0) is 26.2 Å². The summed E-state index contributed by atoms with van der Waals surface area (Å²) in [5, 5.41) is 3.34. The van der Waals surface area contributed by atoms with Crippen LogP contribution in [0.15, 0.2) is 78.9 Å². The van der Waals surface area contributed by atoms with Gasteiger partial charge in [-0.15, -0.1) is 0 Å². The van der Waals surface area contributed by atoms with E-state index < -0.39 is 28.5 Å². The molecule has 0 saturated carbocycles. The van der Waals surface area contributed by atoms with Crippen molar-refractivity contribution in [3.63, 3.8) is 0 Å². The number of hydrogen-bond donors (Lipinski definition) is 1. The van der Waals surface area contributed by atoms with Crippen LogP contribution in [0.2, 0.25) is 5.02 Å². The second kappa shape index (κ2) is 13.5. The first-order valence-electron chi connectivity index (χ1n) is 12.6. The van der Waals surface area contributed by atoms with Gasteiger partial charge in [0.1, 0.15) is 24.1 Å². The van der Waals surface area contributed by atoms with E-state index in [1.807, 2.05) is 44.2 Å². The Morgan fingerprint density at radius 1 is 0.923 bits per heavy atom. The zero-order valence-corrected chi connectivity index (χ0v) is 24.1. The summed E-state index contributed by atoms with van der Waals surface area (Å²) in [6.07, 6.45) is 1.04. The molecule has 0 bridgehead atoms. The molecule has 39 heavy (non-hydrogen) atoms. The zero-order chi connectivity index (χ0) is 28.6. The summed E-state index contributed by atoms with van der Waals surface area (Å²) in [7, 11) is -3.84. The van der Waals surface area contributed by atoms with E-state index in [0.29, 0.717) is 34.3 Å². The summed E-state index contributed by atoms with van der Waals surface area (Å²) in [6.45, 7) is 5.62.